The van der Waals surface area contributed by atoms with Crippen molar-refractivity contribution < 1.29 is 4.92 Å². The maximum absolute atomic E-state index is 10.4. The van der Waals surface area contributed by atoms with E-state index in [4.69, 9.17) is 0 Å². The maximum Gasteiger partial charge on any atom is 0.269 e. The summed E-state index contributed by atoms with van der Waals surface area (Å²) in [7, 11) is 0. The second-order valence-corrected chi connectivity index (χ2v) is 3.98. The number of nitro benzene ring substituents is 1. The van der Waals surface area contributed by atoms with E-state index in [1.807, 2.05) is 0 Å². The van der Waals surface area contributed by atoms with Crippen LogP contribution in [0.4, 0.5) is 11.4 Å². The fraction of sp³-hybridized carbons (Fsp3) is 0.455. The molecule has 0 saturated carbocycles. The Balaban J connectivity index is 2.68. The molecule has 0 saturated heterocycles. The van der Waals surface area contributed by atoms with Gasteiger partial charge in [-0.2, -0.15) is 0 Å². The second-order valence-electron chi connectivity index (χ2n) is 3.98. The molecule has 0 aliphatic carbocycles. The summed E-state index contributed by atoms with van der Waals surface area (Å²) in [6.07, 6.45) is 0. The van der Waals surface area contributed by atoms with E-state index in [2.05, 4.69) is 26.1 Å². The lowest BCUT2D eigenvalue weighted by atomic mass is 10.1. The van der Waals surface area contributed by atoms with Crippen molar-refractivity contribution in [3.8, 4) is 0 Å². The van der Waals surface area contributed by atoms with E-state index in [1.54, 1.807) is 12.1 Å². The van der Waals surface area contributed by atoms with Crippen LogP contribution in [0.25, 0.3) is 0 Å². The first-order valence-corrected chi connectivity index (χ1v) is 5.01. The lowest BCUT2D eigenvalue weighted by Gasteiger charge is -2.18. The quantitative estimate of drug-likeness (QED) is 0.611. The molecule has 1 aromatic carbocycles. The SMILES string of the molecule is CC(C)C(C)Nc1ccc([N+](=O)[O-])cc1. The predicted molar refractivity (Wildman–Crippen MR) is 61.0 cm³/mol. The third-order valence-corrected chi connectivity index (χ3v) is 2.47. The molecule has 82 valence electrons. The molecular formula is C11H16N2O2. The minimum atomic E-state index is -0.393. The van der Waals surface area contributed by atoms with Crippen LogP contribution in [0.1, 0.15) is 20.8 Å². The third-order valence-electron chi connectivity index (χ3n) is 2.47. The van der Waals surface area contributed by atoms with Crippen molar-refractivity contribution >= 4 is 11.4 Å². The molecule has 1 N–H and O–H groups in total. The first-order chi connectivity index (χ1) is 7.00. The van der Waals surface area contributed by atoms with Crippen LogP contribution in [0.15, 0.2) is 24.3 Å². The Morgan fingerprint density at radius 1 is 1.20 bits per heavy atom. The van der Waals surface area contributed by atoms with Gasteiger partial charge in [-0.3, -0.25) is 10.1 Å². The number of hydrogen-bond acceptors (Lipinski definition) is 3. The molecule has 1 atom stereocenters. The summed E-state index contributed by atoms with van der Waals surface area (Å²) in [6.45, 7) is 6.35. The van der Waals surface area contributed by atoms with Crippen molar-refractivity contribution in [3.05, 3.63) is 34.4 Å². The zero-order chi connectivity index (χ0) is 11.4. The van der Waals surface area contributed by atoms with Crippen LogP contribution in [-0.2, 0) is 0 Å². The Morgan fingerprint density at radius 3 is 2.13 bits per heavy atom. The fourth-order valence-electron chi connectivity index (χ4n) is 1.11. The predicted octanol–water partition coefficient (Wildman–Crippen LogP) is 3.05. The Kier molecular flexibility index (Phi) is 3.66. The molecule has 0 spiro atoms. The molecule has 1 aromatic rings. The Labute approximate surface area is 89.5 Å². The van der Waals surface area contributed by atoms with E-state index in [0.717, 1.165) is 5.69 Å². The summed E-state index contributed by atoms with van der Waals surface area (Å²) >= 11 is 0. The molecule has 4 heteroatoms. The lowest BCUT2D eigenvalue weighted by Crippen LogP contribution is -2.21. The van der Waals surface area contributed by atoms with Crippen LogP contribution in [0.3, 0.4) is 0 Å². The molecule has 0 aliphatic rings. The molecule has 0 amide bonds. The Hall–Kier alpha value is -1.58. The van der Waals surface area contributed by atoms with Gasteiger partial charge in [0, 0.05) is 23.9 Å². The number of nitrogens with zero attached hydrogens (tertiary/aromatic N) is 1. The summed E-state index contributed by atoms with van der Waals surface area (Å²) in [5, 5.41) is 13.7. The van der Waals surface area contributed by atoms with Crippen molar-refractivity contribution in [3.63, 3.8) is 0 Å². The van der Waals surface area contributed by atoms with Gasteiger partial charge >= 0.3 is 0 Å². The minimum Gasteiger partial charge on any atom is -0.382 e. The highest BCUT2D eigenvalue weighted by Gasteiger charge is 2.08. The highest BCUT2D eigenvalue weighted by molar-refractivity contribution is 5.49. The summed E-state index contributed by atoms with van der Waals surface area (Å²) in [6, 6.07) is 6.84. The monoisotopic (exact) mass is 208 g/mol. The van der Waals surface area contributed by atoms with Gasteiger partial charge in [0.2, 0.25) is 0 Å². The van der Waals surface area contributed by atoms with Gasteiger partial charge < -0.3 is 5.32 Å². The highest BCUT2D eigenvalue weighted by atomic mass is 16.6. The van der Waals surface area contributed by atoms with Crippen LogP contribution < -0.4 is 5.32 Å². The topological polar surface area (TPSA) is 55.2 Å². The van der Waals surface area contributed by atoms with E-state index in [-0.39, 0.29) is 5.69 Å². The minimum absolute atomic E-state index is 0.123. The van der Waals surface area contributed by atoms with Crippen molar-refractivity contribution in [2.75, 3.05) is 5.32 Å². The molecule has 0 heterocycles. The standard InChI is InChI=1S/C11H16N2O2/c1-8(2)9(3)12-10-4-6-11(7-5-10)13(14)15/h4-9,12H,1-3H3. The van der Waals surface area contributed by atoms with E-state index in [9.17, 15) is 10.1 Å². The average Bonchev–Trinajstić information content (AvgIpc) is 2.18. The van der Waals surface area contributed by atoms with Gasteiger partial charge in [-0.1, -0.05) is 13.8 Å². The normalized spacial score (nSPS) is 12.5. The van der Waals surface area contributed by atoms with Gasteiger partial charge in [0.05, 0.1) is 4.92 Å². The number of nitrogens with one attached hydrogen (secondary N) is 1. The second kappa shape index (κ2) is 4.77. The van der Waals surface area contributed by atoms with Gasteiger partial charge in [-0.25, -0.2) is 0 Å². The summed E-state index contributed by atoms with van der Waals surface area (Å²) in [5.74, 6) is 0.528. The van der Waals surface area contributed by atoms with Crippen molar-refractivity contribution in [1.82, 2.24) is 0 Å². The van der Waals surface area contributed by atoms with E-state index < -0.39 is 4.92 Å². The third kappa shape index (κ3) is 3.23. The number of hydrogen-bond donors (Lipinski definition) is 1. The van der Waals surface area contributed by atoms with Crippen LogP contribution >= 0.6 is 0 Å². The summed E-state index contributed by atoms with van der Waals surface area (Å²) < 4.78 is 0. The first kappa shape index (κ1) is 11.5. The zero-order valence-corrected chi connectivity index (χ0v) is 9.23. The van der Waals surface area contributed by atoms with E-state index in [1.165, 1.54) is 12.1 Å². The first-order valence-electron chi connectivity index (χ1n) is 5.01. The number of benzene rings is 1. The van der Waals surface area contributed by atoms with E-state index in [0.29, 0.717) is 12.0 Å². The van der Waals surface area contributed by atoms with Crippen LogP contribution in [-0.4, -0.2) is 11.0 Å². The van der Waals surface area contributed by atoms with Gasteiger partial charge in [0.1, 0.15) is 0 Å². The Morgan fingerprint density at radius 2 is 1.73 bits per heavy atom. The molecule has 0 fully saturated rings. The fourth-order valence-corrected chi connectivity index (χ4v) is 1.11. The van der Waals surface area contributed by atoms with Crippen molar-refractivity contribution in [1.29, 1.82) is 0 Å². The zero-order valence-electron chi connectivity index (χ0n) is 9.23. The van der Waals surface area contributed by atoms with Crippen LogP contribution in [0, 0.1) is 16.0 Å². The van der Waals surface area contributed by atoms with Gasteiger partial charge in [0.25, 0.3) is 5.69 Å². The smallest absolute Gasteiger partial charge is 0.269 e. The van der Waals surface area contributed by atoms with Crippen molar-refractivity contribution in [2.24, 2.45) is 5.92 Å². The molecule has 0 radical (unpaired) electrons. The number of anilines is 1. The number of nitro groups is 1. The van der Waals surface area contributed by atoms with Crippen LogP contribution in [0.5, 0.6) is 0 Å². The molecule has 0 bridgehead atoms. The van der Waals surface area contributed by atoms with Gasteiger partial charge in [-0.15, -0.1) is 0 Å². The molecule has 4 nitrogen and oxygen atoms in total. The highest BCUT2D eigenvalue weighted by Crippen LogP contribution is 2.17. The summed E-state index contributed by atoms with van der Waals surface area (Å²) in [5.41, 5.74) is 1.04. The molecular weight excluding hydrogens is 192 g/mol. The molecule has 0 aromatic heterocycles. The van der Waals surface area contributed by atoms with Gasteiger partial charge in [-0.05, 0) is 25.0 Å². The van der Waals surface area contributed by atoms with Crippen LogP contribution in [0.2, 0.25) is 0 Å². The van der Waals surface area contributed by atoms with E-state index >= 15 is 0 Å². The summed E-state index contributed by atoms with van der Waals surface area (Å²) in [4.78, 5) is 10.0. The lowest BCUT2D eigenvalue weighted by molar-refractivity contribution is -0.384. The molecule has 15 heavy (non-hydrogen) atoms. The average molecular weight is 208 g/mol. The van der Waals surface area contributed by atoms with Crippen molar-refractivity contribution in [2.45, 2.75) is 26.8 Å². The molecule has 0 aliphatic heterocycles. The Bertz CT molecular complexity index is 333. The maximum atomic E-state index is 10.4. The van der Waals surface area contributed by atoms with Gasteiger partial charge in [0.15, 0.2) is 0 Å². The number of rotatable bonds is 4. The number of non-ortho nitro benzene ring substituents is 1. The molecule has 1 rings (SSSR count). The largest absolute Gasteiger partial charge is 0.382 e. The molecule has 1 unspecified atom stereocenters.